The Labute approximate surface area is 144 Å². The third-order valence-corrected chi connectivity index (χ3v) is 3.54. The summed E-state index contributed by atoms with van der Waals surface area (Å²) in [7, 11) is 3.15. The number of hydrogen-bond acceptors (Lipinski definition) is 5. The lowest BCUT2D eigenvalue weighted by Crippen LogP contribution is -2.08. The van der Waals surface area contributed by atoms with Crippen LogP contribution in [-0.2, 0) is 4.79 Å². The minimum absolute atomic E-state index is 0.244. The molecule has 1 aromatic carbocycles. The normalized spacial score (nSPS) is 11.0. The highest BCUT2D eigenvalue weighted by atomic mass is 16.5. The highest BCUT2D eigenvalue weighted by Gasteiger charge is 2.05. The quantitative estimate of drug-likeness (QED) is 0.724. The van der Waals surface area contributed by atoms with Crippen molar-refractivity contribution in [3.05, 3.63) is 54.0 Å². The highest BCUT2D eigenvalue weighted by molar-refractivity contribution is 6.01. The topological polar surface area (TPSA) is 77.8 Å². The van der Waals surface area contributed by atoms with Crippen LogP contribution in [0.3, 0.4) is 0 Å². The summed E-state index contributed by atoms with van der Waals surface area (Å²) in [6.45, 7) is 1.82. The van der Waals surface area contributed by atoms with Gasteiger partial charge in [-0.05, 0) is 42.8 Å². The van der Waals surface area contributed by atoms with Gasteiger partial charge in [-0.25, -0.2) is 9.50 Å². The van der Waals surface area contributed by atoms with Crippen LogP contribution in [0.25, 0.3) is 11.7 Å². The molecule has 3 aromatic rings. The largest absolute Gasteiger partial charge is 0.493 e. The Balaban J connectivity index is 1.71. The molecule has 7 nitrogen and oxygen atoms in total. The Morgan fingerprint density at radius 3 is 2.72 bits per heavy atom. The number of pyridine rings is 1. The first-order chi connectivity index (χ1) is 12.1. The number of carbonyl (C=O) groups is 1. The number of ether oxygens (including phenoxy) is 2. The second kappa shape index (κ2) is 7.04. The third-order valence-electron chi connectivity index (χ3n) is 3.54. The predicted octanol–water partition coefficient (Wildman–Crippen LogP) is 2.71. The summed E-state index contributed by atoms with van der Waals surface area (Å²) in [4.78, 5) is 16.3. The van der Waals surface area contributed by atoms with Crippen molar-refractivity contribution in [1.29, 1.82) is 0 Å². The molecule has 0 aliphatic carbocycles. The first-order valence-electron chi connectivity index (χ1n) is 7.63. The van der Waals surface area contributed by atoms with Gasteiger partial charge in [0.2, 0.25) is 5.91 Å². The molecule has 0 saturated heterocycles. The lowest BCUT2D eigenvalue weighted by molar-refractivity contribution is -0.111. The summed E-state index contributed by atoms with van der Waals surface area (Å²) in [5.41, 5.74) is 2.20. The molecule has 0 fully saturated rings. The molecule has 0 spiro atoms. The molecular formula is C18H18N4O3. The van der Waals surface area contributed by atoms with Gasteiger partial charge in [0, 0.05) is 6.08 Å². The Bertz CT molecular complexity index is 947. The van der Waals surface area contributed by atoms with E-state index in [0.29, 0.717) is 23.0 Å². The van der Waals surface area contributed by atoms with Gasteiger partial charge in [0.1, 0.15) is 5.82 Å². The van der Waals surface area contributed by atoms with E-state index in [0.717, 1.165) is 11.2 Å². The van der Waals surface area contributed by atoms with Crippen molar-refractivity contribution in [3.8, 4) is 11.5 Å². The molecule has 1 N–H and O–H groups in total. The Morgan fingerprint density at radius 2 is 1.96 bits per heavy atom. The third kappa shape index (κ3) is 3.77. The molecule has 0 aliphatic heterocycles. The molecule has 0 aliphatic rings. The second-order valence-electron chi connectivity index (χ2n) is 5.32. The molecule has 0 saturated carbocycles. The maximum absolute atomic E-state index is 12.1. The summed E-state index contributed by atoms with van der Waals surface area (Å²) in [6, 6.07) is 9.01. The standard InChI is InChI=1S/C18H18N4O3/c1-12-19-17-8-6-14(11-22(17)21-12)20-18(23)9-5-13-4-7-15(24-2)16(10-13)25-3/h4-11H,1-3H3,(H,20,23)/b9-5+. The predicted molar refractivity (Wildman–Crippen MR) is 94.9 cm³/mol. The molecule has 2 heterocycles. The number of amides is 1. The van der Waals surface area contributed by atoms with E-state index in [-0.39, 0.29) is 5.91 Å². The summed E-state index contributed by atoms with van der Waals surface area (Å²) in [6.07, 6.45) is 4.88. The summed E-state index contributed by atoms with van der Waals surface area (Å²) in [5, 5.41) is 7.01. The van der Waals surface area contributed by atoms with Crippen LogP contribution in [0, 0.1) is 6.92 Å². The maximum Gasteiger partial charge on any atom is 0.248 e. The number of nitrogens with zero attached hydrogens (tertiary/aromatic N) is 3. The molecule has 0 bridgehead atoms. The van der Waals surface area contributed by atoms with E-state index in [1.54, 1.807) is 55.3 Å². The fourth-order valence-electron chi connectivity index (χ4n) is 2.38. The average molecular weight is 338 g/mol. The van der Waals surface area contributed by atoms with Crippen LogP contribution in [0.15, 0.2) is 42.6 Å². The van der Waals surface area contributed by atoms with Crippen LogP contribution in [0.2, 0.25) is 0 Å². The summed E-state index contributed by atoms with van der Waals surface area (Å²) < 4.78 is 12.1. The highest BCUT2D eigenvalue weighted by Crippen LogP contribution is 2.27. The zero-order valence-electron chi connectivity index (χ0n) is 14.2. The van der Waals surface area contributed by atoms with Crippen molar-refractivity contribution in [2.45, 2.75) is 6.92 Å². The van der Waals surface area contributed by atoms with Crippen LogP contribution in [0.4, 0.5) is 5.69 Å². The molecule has 7 heteroatoms. The maximum atomic E-state index is 12.1. The summed E-state index contributed by atoms with van der Waals surface area (Å²) >= 11 is 0. The molecule has 128 valence electrons. The van der Waals surface area contributed by atoms with Crippen molar-refractivity contribution >= 4 is 23.3 Å². The number of aromatic nitrogens is 3. The SMILES string of the molecule is COc1ccc(/C=C/C(=O)Nc2ccc3nc(C)nn3c2)cc1OC. The van der Waals surface area contributed by atoms with Crippen molar-refractivity contribution in [1.82, 2.24) is 14.6 Å². The van der Waals surface area contributed by atoms with E-state index in [2.05, 4.69) is 15.4 Å². The average Bonchev–Trinajstić information content (AvgIpc) is 2.99. The van der Waals surface area contributed by atoms with Crippen LogP contribution in [0.5, 0.6) is 11.5 Å². The lowest BCUT2D eigenvalue weighted by Gasteiger charge is -2.07. The molecule has 0 unspecified atom stereocenters. The number of aryl methyl sites for hydroxylation is 1. The molecule has 3 rings (SSSR count). The van der Waals surface area contributed by atoms with E-state index >= 15 is 0 Å². The van der Waals surface area contributed by atoms with Crippen LogP contribution in [0.1, 0.15) is 11.4 Å². The monoisotopic (exact) mass is 338 g/mol. The minimum atomic E-state index is -0.244. The van der Waals surface area contributed by atoms with Crippen molar-refractivity contribution in [3.63, 3.8) is 0 Å². The van der Waals surface area contributed by atoms with E-state index in [9.17, 15) is 4.79 Å². The van der Waals surface area contributed by atoms with Crippen LogP contribution in [-0.4, -0.2) is 34.7 Å². The zero-order valence-corrected chi connectivity index (χ0v) is 14.2. The first-order valence-corrected chi connectivity index (χ1v) is 7.63. The number of anilines is 1. The van der Waals surface area contributed by atoms with Gasteiger partial charge in [-0.2, -0.15) is 5.10 Å². The van der Waals surface area contributed by atoms with Gasteiger partial charge in [-0.3, -0.25) is 4.79 Å². The smallest absolute Gasteiger partial charge is 0.248 e. The molecular weight excluding hydrogens is 320 g/mol. The van der Waals surface area contributed by atoms with Gasteiger partial charge in [-0.15, -0.1) is 0 Å². The van der Waals surface area contributed by atoms with Crippen LogP contribution >= 0.6 is 0 Å². The van der Waals surface area contributed by atoms with Gasteiger partial charge < -0.3 is 14.8 Å². The molecule has 0 atom stereocenters. The fraction of sp³-hybridized carbons (Fsp3) is 0.167. The number of rotatable bonds is 5. The van der Waals surface area contributed by atoms with Gasteiger partial charge in [0.15, 0.2) is 17.1 Å². The molecule has 25 heavy (non-hydrogen) atoms. The summed E-state index contributed by atoms with van der Waals surface area (Å²) in [5.74, 6) is 1.68. The first kappa shape index (κ1) is 16.5. The molecule has 2 aromatic heterocycles. The van der Waals surface area contributed by atoms with Gasteiger partial charge >= 0.3 is 0 Å². The Kier molecular flexibility index (Phi) is 4.65. The zero-order chi connectivity index (χ0) is 17.8. The van der Waals surface area contributed by atoms with Crippen LogP contribution < -0.4 is 14.8 Å². The van der Waals surface area contributed by atoms with E-state index in [1.165, 1.54) is 6.08 Å². The minimum Gasteiger partial charge on any atom is -0.493 e. The second-order valence-corrected chi connectivity index (χ2v) is 5.32. The number of benzene rings is 1. The van der Waals surface area contributed by atoms with Gasteiger partial charge in [0.25, 0.3) is 0 Å². The Morgan fingerprint density at radius 1 is 1.16 bits per heavy atom. The van der Waals surface area contributed by atoms with Crippen molar-refractivity contribution in [2.75, 3.05) is 19.5 Å². The molecule has 0 radical (unpaired) electrons. The van der Waals surface area contributed by atoms with E-state index in [4.69, 9.17) is 9.47 Å². The number of nitrogens with one attached hydrogen (secondary N) is 1. The number of hydrogen-bond donors (Lipinski definition) is 1. The fourth-order valence-corrected chi connectivity index (χ4v) is 2.38. The molecule has 1 amide bonds. The number of methoxy groups -OCH3 is 2. The lowest BCUT2D eigenvalue weighted by atomic mass is 10.2. The van der Waals surface area contributed by atoms with Crippen molar-refractivity contribution in [2.24, 2.45) is 0 Å². The number of fused-ring (bicyclic) bond motifs is 1. The van der Waals surface area contributed by atoms with Gasteiger partial charge in [-0.1, -0.05) is 6.07 Å². The van der Waals surface area contributed by atoms with Crippen molar-refractivity contribution < 1.29 is 14.3 Å². The Hall–Kier alpha value is -3.35. The van der Waals surface area contributed by atoms with E-state index in [1.807, 2.05) is 13.0 Å². The van der Waals surface area contributed by atoms with E-state index < -0.39 is 0 Å². The number of carbonyl (C=O) groups excluding carboxylic acids is 1. The van der Waals surface area contributed by atoms with Gasteiger partial charge in [0.05, 0.1) is 26.1 Å².